The second-order valence-electron chi connectivity index (χ2n) is 4.42. The van der Waals surface area contributed by atoms with Gasteiger partial charge in [-0.2, -0.15) is 17.9 Å². The second-order valence-corrected chi connectivity index (χ2v) is 4.98. The molecule has 0 N–H and O–H groups in total. The summed E-state index contributed by atoms with van der Waals surface area (Å²) in [7, 11) is 0. The van der Waals surface area contributed by atoms with Gasteiger partial charge in [0.15, 0.2) is 0 Å². The Morgan fingerprint density at radius 2 is 2.00 bits per heavy atom. The second kappa shape index (κ2) is 7.07. The number of carbonyl (C=O) groups is 1. The third-order valence-electron chi connectivity index (χ3n) is 2.67. The zero-order valence-electron chi connectivity index (χ0n) is 10.7. The van der Waals surface area contributed by atoms with Crippen molar-refractivity contribution in [3.8, 4) is 6.07 Å². The molecule has 0 fully saturated rings. The van der Waals surface area contributed by atoms with Gasteiger partial charge in [0.05, 0.1) is 17.7 Å². The van der Waals surface area contributed by atoms with Gasteiger partial charge in [-0.05, 0) is 18.1 Å². The molecule has 18 heavy (non-hydrogen) atoms. The first-order valence-corrected chi connectivity index (χ1v) is 6.51. The first-order valence-electron chi connectivity index (χ1n) is 5.99. The van der Waals surface area contributed by atoms with Crippen LogP contribution in [-0.2, 0) is 4.79 Å². The normalized spacial score (nSPS) is 11.9. The molecule has 1 atom stereocenters. The molecule has 0 heterocycles. The Labute approximate surface area is 114 Å². The number of benzene rings is 1. The van der Waals surface area contributed by atoms with Crippen molar-refractivity contribution in [3.63, 3.8) is 0 Å². The summed E-state index contributed by atoms with van der Waals surface area (Å²) in [5, 5.41) is 8.34. The van der Waals surface area contributed by atoms with Gasteiger partial charge in [-0.15, -0.1) is 0 Å². The SMILES string of the molecule is CC(C)C(S)C(=O)N(CCC#N)c1ccccc1. The van der Waals surface area contributed by atoms with Crippen molar-refractivity contribution < 1.29 is 4.79 Å². The van der Waals surface area contributed by atoms with Crippen LogP contribution in [0.25, 0.3) is 0 Å². The summed E-state index contributed by atoms with van der Waals surface area (Å²) >= 11 is 4.36. The first-order chi connectivity index (χ1) is 8.57. The molecule has 1 unspecified atom stereocenters. The fraction of sp³-hybridized carbons (Fsp3) is 0.429. The molecule has 1 amide bonds. The van der Waals surface area contributed by atoms with Gasteiger partial charge >= 0.3 is 0 Å². The lowest BCUT2D eigenvalue weighted by Crippen LogP contribution is -2.39. The number of anilines is 1. The molecule has 3 nitrogen and oxygen atoms in total. The van der Waals surface area contributed by atoms with Crippen molar-refractivity contribution in [2.75, 3.05) is 11.4 Å². The fourth-order valence-corrected chi connectivity index (χ4v) is 1.72. The van der Waals surface area contributed by atoms with Gasteiger partial charge in [0.2, 0.25) is 5.91 Å². The third kappa shape index (κ3) is 3.78. The van der Waals surface area contributed by atoms with Crippen molar-refractivity contribution in [2.24, 2.45) is 5.92 Å². The van der Waals surface area contributed by atoms with E-state index in [1.54, 1.807) is 4.90 Å². The van der Waals surface area contributed by atoms with Crippen LogP contribution in [0, 0.1) is 17.2 Å². The number of para-hydroxylation sites is 1. The van der Waals surface area contributed by atoms with E-state index in [4.69, 9.17) is 5.26 Å². The summed E-state index contributed by atoms with van der Waals surface area (Å²) in [5.74, 6) is 0.115. The van der Waals surface area contributed by atoms with E-state index in [1.807, 2.05) is 44.2 Å². The fourth-order valence-electron chi connectivity index (χ4n) is 1.58. The minimum absolute atomic E-state index is 0.0465. The predicted octanol–water partition coefficient (Wildman–Crippen LogP) is 2.89. The van der Waals surface area contributed by atoms with E-state index in [-0.39, 0.29) is 17.1 Å². The Morgan fingerprint density at radius 1 is 1.39 bits per heavy atom. The van der Waals surface area contributed by atoms with Gasteiger partial charge < -0.3 is 4.90 Å². The van der Waals surface area contributed by atoms with Gasteiger partial charge in [0, 0.05) is 12.2 Å². The largest absolute Gasteiger partial charge is 0.310 e. The van der Waals surface area contributed by atoms with Crippen molar-refractivity contribution in [3.05, 3.63) is 30.3 Å². The molecule has 4 heteroatoms. The van der Waals surface area contributed by atoms with E-state index >= 15 is 0 Å². The lowest BCUT2D eigenvalue weighted by atomic mass is 10.1. The summed E-state index contributed by atoms with van der Waals surface area (Å²) in [6, 6.07) is 11.5. The molecule has 0 aromatic heterocycles. The zero-order chi connectivity index (χ0) is 13.5. The van der Waals surface area contributed by atoms with Crippen molar-refractivity contribution in [2.45, 2.75) is 25.5 Å². The molecule has 0 spiro atoms. The molecule has 0 saturated carbocycles. The Bertz CT molecular complexity index is 425. The highest BCUT2D eigenvalue weighted by molar-refractivity contribution is 7.81. The van der Waals surface area contributed by atoms with E-state index in [0.717, 1.165) is 5.69 Å². The van der Waals surface area contributed by atoms with Crippen molar-refractivity contribution in [1.82, 2.24) is 0 Å². The van der Waals surface area contributed by atoms with Gasteiger partial charge in [-0.1, -0.05) is 32.0 Å². The van der Waals surface area contributed by atoms with Gasteiger partial charge in [-0.3, -0.25) is 4.79 Å². The van der Waals surface area contributed by atoms with Crippen LogP contribution in [0.2, 0.25) is 0 Å². The molecule has 0 bridgehead atoms. The lowest BCUT2D eigenvalue weighted by molar-refractivity contribution is -0.118. The highest BCUT2D eigenvalue weighted by Crippen LogP contribution is 2.19. The van der Waals surface area contributed by atoms with E-state index < -0.39 is 0 Å². The summed E-state index contributed by atoms with van der Waals surface area (Å²) < 4.78 is 0. The molecule has 1 aromatic carbocycles. The average Bonchev–Trinajstić information content (AvgIpc) is 2.39. The van der Waals surface area contributed by atoms with Crippen molar-refractivity contribution >= 4 is 24.2 Å². The maximum Gasteiger partial charge on any atom is 0.240 e. The minimum atomic E-state index is -0.344. The maximum atomic E-state index is 12.3. The van der Waals surface area contributed by atoms with E-state index in [2.05, 4.69) is 18.7 Å². The van der Waals surface area contributed by atoms with Gasteiger partial charge in [0.1, 0.15) is 0 Å². The molecule has 96 valence electrons. The standard InChI is InChI=1S/C14H18N2OS/c1-11(2)13(18)14(17)16(10-6-9-15)12-7-4-3-5-8-12/h3-5,7-8,11,13,18H,6,10H2,1-2H3. The number of amides is 1. The van der Waals surface area contributed by atoms with Crippen LogP contribution < -0.4 is 4.90 Å². The summed E-state index contributed by atoms with van der Waals surface area (Å²) in [4.78, 5) is 14.0. The number of thiol groups is 1. The highest BCUT2D eigenvalue weighted by Gasteiger charge is 2.24. The Balaban J connectivity index is 2.92. The van der Waals surface area contributed by atoms with E-state index in [1.165, 1.54) is 0 Å². The van der Waals surface area contributed by atoms with Crippen LogP contribution in [0.5, 0.6) is 0 Å². The van der Waals surface area contributed by atoms with Crippen LogP contribution in [0.1, 0.15) is 20.3 Å². The molecule has 0 saturated heterocycles. The van der Waals surface area contributed by atoms with Gasteiger partial charge in [-0.25, -0.2) is 0 Å². The molecule has 0 radical (unpaired) electrons. The van der Waals surface area contributed by atoms with E-state index in [9.17, 15) is 4.79 Å². The quantitative estimate of drug-likeness (QED) is 0.829. The predicted molar refractivity (Wildman–Crippen MR) is 76.6 cm³/mol. The number of hydrogen-bond donors (Lipinski definition) is 1. The van der Waals surface area contributed by atoms with Crippen LogP contribution >= 0.6 is 12.6 Å². The minimum Gasteiger partial charge on any atom is -0.310 e. The number of rotatable bonds is 5. The molecule has 0 aliphatic carbocycles. The molecule has 0 aliphatic rings. The maximum absolute atomic E-state index is 12.3. The van der Waals surface area contributed by atoms with Crippen molar-refractivity contribution in [1.29, 1.82) is 5.26 Å². The summed E-state index contributed by atoms with van der Waals surface area (Å²) in [6.07, 6.45) is 0.319. The number of carbonyl (C=O) groups excluding carboxylic acids is 1. The first kappa shape index (κ1) is 14.6. The highest BCUT2D eigenvalue weighted by atomic mass is 32.1. The van der Waals surface area contributed by atoms with Crippen LogP contribution in [0.4, 0.5) is 5.69 Å². The zero-order valence-corrected chi connectivity index (χ0v) is 11.6. The third-order valence-corrected chi connectivity index (χ3v) is 3.48. The molecular formula is C14H18N2OS. The smallest absolute Gasteiger partial charge is 0.240 e. The Morgan fingerprint density at radius 3 is 2.50 bits per heavy atom. The summed E-state index contributed by atoms with van der Waals surface area (Å²) in [5.41, 5.74) is 0.817. The molecular weight excluding hydrogens is 244 g/mol. The lowest BCUT2D eigenvalue weighted by Gasteiger charge is -2.26. The average molecular weight is 262 g/mol. The van der Waals surface area contributed by atoms with Crippen LogP contribution in [0.15, 0.2) is 30.3 Å². The molecule has 0 aliphatic heterocycles. The number of nitrogens with zero attached hydrogens (tertiary/aromatic N) is 2. The topological polar surface area (TPSA) is 44.1 Å². The number of hydrogen-bond acceptors (Lipinski definition) is 3. The molecule has 1 rings (SSSR count). The number of nitriles is 1. The monoisotopic (exact) mass is 262 g/mol. The van der Waals surface area contributed by atoms with Gasteiger partial charge in [0.25, 0.3) is 0 Å². The summed E-state index contributed by atoms with van der Waals surface area (Å²) in [6.45, 7) is 4.33. The Hall–Kier alpha value is -1.47. The van der Waals surface area contributed by atoms with Crippen LogP contribution in [-0.4, -0.2) is 17.7 Å². The van der Waals surface area contributed by atoms with Crippen LogP contribution in [0.3, 0.4) is 0 Å². The molecule has 1 aromatic rings. The van der Waals surface area contributed by atoms with E-state index in [0.29, 0.717) is 13.0 Å². The Kier molecular flexibility index (Phi) is 5.73.